The minimum absolute atomic E-state index is 0.0690. The highest BCUT2D eigenvalue weighted by Crippen LogP contribution is 2.72. The smallest absolute Gasteiger partial charge is 0.346 e. The second-order valence-electron chi connectivity index (χ2n) is 8.73. The zero-order valence-electron chi connectivity index (χ0n) is 21.4. The summed E-state index contributed by atoms with van der Waals surface area (Å²) in [5, 5.41) is 9.01. The SMILES string of the molecule is COc1cc(CC(P(=O)(OC(C)C)OC(C)C)P(=O)(OC(C)C)OC(C)C)cc(OC)c1O. The summed E-state index contributed by atoms with van der Waals surface area (Å²) >= 11 is 0. The molecule has 9 nitrogen and oxygen atoms in total. The van der Waals surface area contributed by atoms with E-state index in [1.165, 1.54) is 14.2 Å². The van der Waals surface area contributed by atoms with Gasteiger partial charge in [-0.1, -0.05) is 0 Å². The Hall–Kier alpha value is -1.08. The fourth-order valence-corrected chi connectivity index (χ4v) is 9.10. The number of benzene rings is 1. The number of hydrogen-bond acceptors (Lipinski definition) is 9. The first-order chi connectivity index (χ1) is 15.2. The molecule has 1 aromatic rings. The van der Waals surface area contributed by atoms with Crippen molar-refractivity contribution in [1.29, 1.82) is 0 Å². The normalized spacial score (nSPS) is 13.1. The molecule has 0 saturated carbocycles. The highest BCUT2D eigenvalue weighted by Gasteiger charge is 2.53. The lowest BCUT2D eigenvalue weighted by Crippen LogP contribution is -2.25. The molecule has 0 amide bonds. The van der Waals surface area contributed by atoms with E-state index in [2.05, 4.69) is 0 Å². The third kappa shape index (κ3) is 8.57. The fourth-order valence-electron chi connectivity index (χ4n) is 3.18. The molecule has 0 saturated heterocycles. The average molecular weight is 511 g/mol. The Labute approximate surface area is 198 Å². The van der Waals surface area contributed by atoms with Crippen LogP contribution in [-0.2, 0) is 33.6 Å². The Bertz CT molecular complexity index is 761. The molecule has 1 N–H and O–H groups in total. The van der Waals surface area contributed by atoms with Crippen LogP contribution in [0.3, 0.4) is 0 Å². The van der Waals surface area contributed by atoms with Gasteiger partial charge in [0.15, 0.2) is 16.9 Å². The molecule has 0 aliphatic carbocycles. The van der Waals surface area contributed by atoms with Gasteiger partial charge in [0.25, 0.3) is 0 Å². The summed E-state index contributed by atoms with van der Waals surface area (Å²) in [6, 6.07) is 3.10. The van der Waals surface area contributed by atoms with Gasteiger partial charge in [0, 0.05) is 0 Å². The largest absolute Gasteiger partial charge is 0.502 e. The van der Waals surface area contributed by atoms with Crippen molar-refractivity contribution in [3.05, 3.63) is 17.7 Å². The van der Waals surface area contributed by atoms with Crippen LogP contribution in [-0.4, -0.2) is 49.1 Å². The van der Waals surface area contributed by atoms with Gasteiger partial charge < -0.3 is 32.7 Å². The number of rotatable bonds is 14. The number of phenolic OH excluding ortho intramolecular Hbond substituents is 1. The standard InChI is InChI=1S/C22H40O9P2/c1-14(2)28-32(24,29-15(3)4)21(33(25,30-16(5)6)31-17(7)8)13-18-11-19(26-9)22(23)20(12-18)27-10/h11-12,14-17,21,23H,13H2,1-10H3. The minimum Gasteiger partial charge on any atom is -0.502 e. The maximum absolute atomic E-state index is 14.2. The summed E-state index contributed by atoms with van der Waals surface area (Å²) < 4.78 is 62.2. The Morgan fingerprint density at radius 1 is 0.697 bits per heavy atom. The van der Waals surface area contributed by atoms with E-state index in [0.717, 1.165) is 0 Å². The molecule has 0 atom stereocenters. The van der Waals surface area contributed by atoms with Crippen LogP contribution in [0.15, 0.2) is 12.1 Å². The second-order valence-corrected chi connectivity index (χ2v) is 13.4. The molecule has 0 spiro atoms. The van der Waals surface area contributed by atoms with Crippen LogP contribution in [0.5, 0.6) is 17.2 Å². The van der Waals surface area contributed by atoms with Crippen molar-refractivity contribution in [2.24, 2.45) is 0 Å². The zero-order valence-corrected chi connectivity index (χ0v) is 23.1. The number of methoxy groups -OCH3 is 2. The van der Waals surface area contributed by atoms with Crippen molar-refractivity contribution in [3.8, 4) is 17.2 Å². The van der Waals surface area contributed by atoms with E-state index in [1.54, 1.807) is 67.5 Å². The lowest BCUT2D eigenvalue weighted by atomic mass is 10.1. The molecule has 0 bridgehead atoms. The van der Waals surface area contributed by atoms with Gasteiger partial charge in [-0.2, -0.15) is 0 Å². The van der Waals surface area contributed by atoms with E-state index in [9.17, 15) is 14.2 Å². The Kier molecular flexibility index (Phi) is 11.4. The summed E-state index contributed by atoms with van der Waals surface area (Å²) in [5.41, 5.74) is 0.520. The topological polar surface area (TPSA) is 110 Å². The fraction of sp³-hybridized carbons (Fsp3) is 0.727. The number of phenols is 1. The molecule has 0 aliphatic heterocycles. The molecule has 0 aromatic heterocycles. The quantitative estimate of drug-likeness (QED) is 0.286. The van der Waals surface area contributed by atoms with E-state index in [0.29, 0.717) is 5.56 Å². The molecule has 1 aromatic carbocycles. The van der Waals surface area contributed by atoms with Gasteiger partial charge >= 0.3 is 15.2 Å². The van der Waals surface area contributed by atoms with E-state index < -0.39 is 45.0 Å². The summed E-state index contributed by atoms with van der Waals surface area (Å²) in [7, 11) is -5.31. The van der Waals surface area contributed by atoms with Crippen LogP contribution in [0.2, 0.25) is 0 Å². The summed E-state index contributed by atoms with van der Waals surface area (Å²) in [4.78, 5) is 0. The van der Waals surface area contributed by atoms with Crippen molar-refractivity contribution in [2.75, 3.05) is 14.2 Å². The van der Waals surface area contributed by atoms with E-state index in [-0.39, 0.29) is 23.7 Å². The second kappa shape index (κ2) is 12.6. The highest BCUT2D eigenvalue weighted by atomic mass is 31.2. The first kappa shape index (κ1) is 30.0. The summed E-state index contributed by atoms with van der Waals surface area (Å²) in [5.74, 6) is 0.120. The van der Waals surface area contributed by atoms with Crippen LogP contribution >= 0.6 is 15.2 Å². The zero-order chi connectivity index (χ0) is 25.6. The van der Waals surface area contributed by atoms with Gasteiger partial charge in [-0.3, -0.25) is 9.13 Å². The van der Waals surface area contributed by atoms with Crippen LogP contribution in [0.25, 0.3) is 0 Å². The first-order valence-corrected chi connectivity index (χ1v) is 14.3. The maximum Gasteiger partial charge on any atom is 0.346 e. The Morgan fingerprint density at radius 3 is 1.24 bits per heavy atom. The maximum atomic E-state index is 14.2. The average Bonchev–Trinajstić information content (AvgIpc) is 2.63. The van der Waals surface area contributed by atoms with Gasteiger partial charge in [-0.15, -0.1) is 0 Å². The Morgan fingerprint density at radius 2 is 1.00 bits per heavy atom. The van der Waals surface area contributed by atoms with Crippen molar-refractivity contribution >= 4 is 15.2 Å². The third-order valence-corrected chi connectivity index (χ3v) is 10.5. The van der Waals surface area contributed by atoms with Crippen LogP contribution in [0.4, 0.5) is 0 Å². The van der Waals surface area contributed by atoms with E-state index >= 15 is 0 Å². The predicted molar refractivity (Wildman–Crippen MR) is 129 cm³/mol. The molecule has 0 aliphatic rings. The third-order valence-electron chi connectivity index (χ3n) is 4.12. The molecule has 1 rings (SSSR count). The van der Waals surface area contributed by atoms with Gasteiger partial charge in [0.1, 0.15) is 0 Å². The highest BCUT2D eigenvalue weighted by molar-refractivity contribution is 7.72. The molecule has 11 heteroatoms. The molecule has 33 heavy (non-hydrogen) atoms. The van der Waals surface area contributed by atoms with Crippen molar-refractivity contribution in [2.45, 2.75) is 91.6 Å². The molecule has 0 unspecified atom stereocenters. The van der Waals surface area contributed by atoms with Gasteiger partial charge in [-0.25, -0.2) is 0 Å². The number of ether oxygens (including phenoxy) is 2. The van der Waals surface area contributed by atoms with Crippen LogP contribution in [0.1, 0.15) is 61.0 Å². The number of hydrogen-bond donors (Lipinski definition) is 1. The van der Waals surface area contributed by atoms with Crippen LogP contribution < -0.4 is 9.47 Å². The molecule has 0 heterocycles. The van der Waals surface area contributed by atoms with Crippen molar-refractivity contribution in [3.63, 3.8) is 0 Å². The van der Waals surface area contributed by atoms with Gasteiger partial charge in [0.05, 0.1) is 38.6 Å². The minimum atomic E-state index is -4.06. The van der Waals surface area contributed by atoms with Gasteiger partial charge in [0.2, 0.25) is 5.75 Å². The molecule has 0 radical (unpaired) electrons. The lowest BCUT2D eigenvalue weighted by Gasteiger charge is -2.35. The van der Waals surface area contributed by atoms with E-state index in [4.69, 9.17) is 27.6 Å². The molecular weight excluding hydrogens is 470 g/mol. The lowest BCUT2D eigenvalue weighted by molar-refractivity contribution is 0.122. The predicted octanol–water partition coefficient (Wildman–Crippen LogP) is 6.36. The summed E-state index contributed by atoms with van der Waals surface area (Å²) in [6.07, 6.45) is -1.99. The molecular formula is C22H40O9P2. The monoisotopic (exact) mass is 510 g/mol. The first-order valence-electron chi connectivity index (χ1n) is 11.0. The Balaban J connectivity index is 3.77. The van der Waals surface area contributed by atoms with Gasteiger partial charge in [-0.05, 0) is 79.5 Å². The molecule has 192 valence electrons. The van der Waals surface area contributed by atoms with Crippen molar-refractivity contribution in [1.82, 2.24) is 0 Å². The molecule has 0 fully saturated rings. The van der Waals surface area contributed by atoms with Crippen LogP contribution in [0, 0.1) is 0 Å². The summed E-state index contributed by atoms with van der Waals surface area (Å²) in [6.45, 7) is 13.8. The number of aromatic hydroxyl groups is 1. The van der Waals surface area contributed by atoms with Crippen molar-refractivity contribution < 1.29 is 41.8 Å². The van der Waals surface area contributed by atoms with E-state index in [1.807, 2.05) is 0 Å².